The van der Waals surface area contributed by atoms with Crippen LogP contribution in [0.1, 0.15) is 45.8 Å². The van der Waals surface area contributed by atoms with Crippen molar-refractivity contribution in [1.82, 2.24) is 9.55 Å². The molecule has 0 spiro atoms. The van der Waals surface area contributed by atoms with Crippen LogP contribution in [-0.2, 0) is 14.2 Å². The van der Waals surface area contributed by atoms with E-state index in [1.807, 2.05) is 13.8 Å². The third-order valence-corrected chi connectivity index (χ3v) is 4.57. The lowest BCUT2D eigenvalue weighted by atomic mass is 9.97. The van der Waals surface area contributed by atoms with E-state index in [0.717, 1.165) is 23.8 Å². The summed E-state index contributed by atoms with van der Waals surface area (Å²) >= 11 is 0. The molecule has 1 aliphatic rings. The quantitative estimate of drug-likeness (QED) is 0.585. The van der Waals surface area contributed by atoms with E-state index in [9.17, 15) is 9.18 Å². The second-order valence-electron chi connectivity index (χ2n) is 6.74. The van der Waals surface area contributed by atoms with Gasteiger partial charge in [-0.1, -0.05) is 26.7 Å². The van der Waals surface area contributed by atoms with Crippen LogP contribution >= 0.6 is 0 Å². The van der Waals surface area contributed by atoms with Crippen molar-refractivity contribution in [1.29, 1.82) is 0 Å². The summed E-state index contributed by atoms with van der Waals surface area (Å²) in [5, 5.41) is 0. The number of alkyl halides is 2. The molecule has 2 heterocycles. The zero-order valence-electron chi connectivity index (χ0n) is 15.9. The molecule has 1 aromatic heterocycles. The average Bonchev–Trinajstić information content (AvgIpc) is 2.92. The van der Waals surface area contributed by atoms with Crippen LogP contribution in [0.15, 0.2) is 17.1 Å². The largest absolute Gasteiger partial charge is 0.383 e. The van der Waals surface area contributed by atoms with E-state index in [0.29, 0.717) is 13.0 Å². The molecule has 0 bridgehead atoms. The van der Waals surface area contributed by atoms with Crippen molar-refractivity contribution in [3.8, 4) is 0 Å². The molecule has 0 saturated carbocycles. The molecule has 1 aromatic rings. The molecule has 1 saturated heterocycles. The molecule has 0 unspecified atom stereocenters. The third kappa shape index (κ3) is 5.03. The van der Waals surface area contributed by atoms with Crippen molar-refractivity contribution in [2.75, 3.05) is 32.2 Å². The predicted molar refractivity (Wildman–Crippen MR) is 97.0 cm³/mol. The Morgan fingerprint density at radius 1 is 1.33 bits per heavy atom. The summed E-state index contributed by atoms with van der Waals surface area (Å²) in [6.07, 6.45) is 0.260. The highest BCUT2D eigenvalue weighted by atomic mass is 19.1. The van der Waals surface area contributed by atoms with Gasteiger partial charge in [0.25, 0.3) is 0 Å². The van der Waals surface area contributed by atoms with Crippen molar-refractivity contribution in [3.05, 3.63) is 22.7 Å². The zero-order valence-corrected chi connectivity index (χ0v) is 15.9. The molecule has 4 atom stereocenters. The van der Waals surface area contributed by atoms with Gasteiger partial charge in [0.15, 0.2) is 18.0 Å². The SMILES string of the molecule is CCCCOC[C@@]1(CF)O[C@@H](n2ccc(N)nc2=O)[C@H](F)[C@@H]1OCCCC. The van der Waals surface area contributed by atoms with Crippen LogP contribution < -0.4 is 11.4 Å². The van der Waals surface area contributed by atoms with Gasteiger partial charge in [-0.05, 0) is 18.9 Å². The summed E-state index contributed by atoms with van der Waals surface area (Å²) in [6.45, 7) is 3.50. The summed E-state index contributed by atoms with van der Waals surface area (Å²) in [4.78, 5) is 15.7. The monoisotopic (exact) mass is 389 g/mol. The van der Waals surface area contributed by atoms with E-state index in [2.05, 4.69) is 4.98 Å². The molecule has 1 aliphatic heterocycles. The van der Waals surface area contributed by atoms with E-state index in [1.54, 1.807) is 0 Å². The number of anilines is 1. The fraction of sp³-hybridized carbons (Fsp3) is 0.778. The number of ether oxygens (including phenoxy) is 3. The summed E-state index contributed by atoms with van der Waals surface area (Å²) in [5.41, 5.74) is 3.09. The lowest BCUT2D eigenvalue weighted by Crippen LogP contribution is -2.50. The third-order valence-electron chi connectivity index (χ3n) is 4.57. The first kappa shape index (κ1) is 21.7. The van der Waals surface area contributed by atoms with Crippen molar-refractivity contribution in [2.24, 2.45) is 0 Å². The first-order valence-corrected chi connectivity index (χ1v) is 9.41. The van der Waals surface area contributed by atoms with Gasteiger partial charge in [-0.15, -0.1) is 0 Å². The molecule has 154 valence electrons. The lowest BCUT2D eigenvalue weighted by Gasteiger charge is -2.31. The van der Waals surface area contributed by atoms with Gasteiger partial charge in [0.05, 0.1) is 6.61 Å². The number of nitrogen functional groups attached to an aromatic ring is 1. The standard InChI is InChI=1S/C18H29F2N3O4/c1-3-5-9-25-12-18(11-19)15(26-10-6-4-2)14(20)16(27-18)23-8-7-13(21)22-17(23)24/h7-8,14-16H,3-6,9-12H2,1-2H3,(H2,21,22,24)/t14-,15+,16-,18-/m1/s1. The van der Waals surface area contributed by atoms with E-state index in [4.69, 9.17) is 19.9 Å². The number of unbranched alkanes of at least 4 members (excludes halogenated alkanes) is 2. The van der Waals surface area contributed by atoms with Crippen LogP contribution in [0.3, 0.4) is 0 Å². The fourth-order valence-corrected chi connectivity index (χ4v) is 2.99. The fourth-order valence-electron chi connectivity index (χ4n) is 2.99. The van der Waals surface area contributed by atoms with Gasteiger partial charge in [-0.3, -0.25) is 4.57 Å². The van der Waals surface area contributed by atoms with E-state index >= 15 is 4.39 Å². The highest BCUT2D eigenvalue weighted by Crippen LogP contribution is 2.41. The van der Waals surface area contributed by atoms with Crippen molar-refractivity contribution >= 4 is 5.82 Å². The highest BCUT2D eigenvalue weighted by molar-refractivity contribution is 5.23. The van der Waals surface area contributed by atoms with Crippen LogP contribution in [0.4, 0.5) is 14.6 Å². The maximum atomic E-state index is 15.2. The minimum atomic E-state index is -1.75. The highest BCUT2D eigenvalue weighted by Gasteiger charge is 2.58. The Kier molecular flexibility index (Phi) is 8.12. The van der Waals surface area contributed by atoms with Crippen LogP contribution in [-0.4, -0.2) is 53.9 Å². The molecule has 0 radical (unpaired) electrons. The van der Waals surface area contributed by atoms with E-state index in [1.165, 1.54) is 12.3 Å². The van der Waals surface area contributed by atoms with Crippen LogP contribution in [0.5, 0.6) is 0 Å². The number of halogens is 2. The number of aromatic nitrogens is 2. The van der Waals surface area contributed by atoms with Gasteiger partial charge in [-0.25, -0.2) is 13.6 Å². The summed E-state index contributed by atoms with van der Waals surface area (Å²) in [5.74, 6) is 0.0139. The Labute approximate surface area is 157 Å². The second kappa shape index (κ2) is 10.1. The molecule has 0 aliphatic carbocycles. The Morgan fingerprint density at radius 3 is 2.67 bits per heavy atom. The van der Waals surface area contributed by atoms with Crippen molar-refractivity contribution < 1.29 is 23.0 Å². The second-order valence-corrected chi connectivity index (χ2v) is 6.74. The van der Waals surface area contributed by atoms with Crippen LogP contribution in [0.2, 0.25) is 0 Å². The summed E-state index contributed by atoms with van der Waals surface area (Å²) in [6, 6.07) is 1.36. The van der Waals surface area contributed by atoms with Gasteiger partial charge in [0, 0.05) is 19.4 Å². The first-order chi connectivity index (χ1) is 13.0. The Morgan fingerprint density at radius 2 is 2.04 bits per heavy atom. The first-order valence-electron chi connectivity index (χ1n) is 9.41. The van der Waals surface area contributed by atoms with Gasteiger partial charge in [-0.2, -0.15) is 4.98 Å². The normalized spacial score (nSPS) is 27.9. The predicted octanol–water partition coefficient (Wildman–Crippen LogP) is 2.40. The number of nitrogens with two attached hydrogens (primary N) is 1. The Hall–Kier alpha value is -1.58. The van der Waals surface area contributed by atoms with Crippen LogP contribution in [0.25, 0.3) is 0 Å². The summed E-state index contributed by atoms with van der Waals surface area (Å²) < 4.78 is 47.2. The molecular weight excluding hydrogens is 360 g/mol. The van der Waals surface area contributed by atoms with Gasteiger partial charge in [0.2, 0.25) is 0 Å². The minimum absolute atomic E-state index is 0.0139. The van der Waals surface area contributed by atoms with Gasteiger partial charge in [0.1, 0.15) is 18.6 Å². The zero-order chi connectivity index (χ0) is 19.9. The maximum Gasteiger partial charge on any atom is 0.351 e. The van der Waals surface area contributed by atoms with Crippen molar-refractivity contribution in [3.63, 3.8) is 0 Å². The molecule has 2 N–H and O–H groups in total. The smallest absolute Gasteiger partial charge is 0.351 e. The Bertz CT molecular complexity index is 645. The number of hydrogen-bond acceptors (Lipinski definition) is 6. The number of nitrogens with zero attached hydrogens (tertiary/aromatic N) is 2. The van der Waals surface area contributed by atoms with Crippen molar-refractivity contribution in [2.45, 2.75) is 63.6 Å². The molecule has 0 amide bonds. The molecule has 9 heteroatoms. The number of rotatable bonds is 11. The van der Waals surface area contributed by atoms with Crippen LogP contribution in [0, 0.1) is 0 Å². The average molecular weight is 389 g/mol. The molecule has 7 nitrogen and oxygen atoms in total. The lowest BCUT2D eigenvalue weighted by molar-refractivity contribution is -0.160. The van der Waals surface area contributed by atoms with E-state index in [-0.39, 0.29) is 19.0 Å². The molecule has 1 fully saturated rings. The maximum absolute atomic E-state index is 15.2. The number of hydrogen-bond donors (Lipinski definition) is 1. The van der Waals surface area contributed by atoms with E-state index < -0.39 is 36.5 Å². The molecular formula is C18H29F2N3O4. The van der Waals surface area contributed by atoms with Gasteiger partial charge < -0.3 is 19.9 Å². The minimum Gasteiger partial charge on any atom is -0.383 e. The molecule has 0 aromatic carbocycles. The topological polar surface area (TPSA) is 88.6 Å². The Balaban J connectivity index is 2.26. The molecule has 2 rings (SSSR count). The summed E-state index contributed by atoms with van der Waals surface area (Å²) in [7, 11) is 0. The molecule has 27 heavy (non-hydrogen) atoms. The van der Waals surface area contributed by atoms with Gasteiger partial charge >= 0.3 is 5.69 Å².